The van der Waals surface area contributed by atoms with Crippen molar-refractivity contribution in [1.82, 2.24) is 25.6 Å². The Labute approximate surface area is 150 Å². The van der Waals surface area contributed by atoms with Gasteiger partial charge in [0, 0.05) is 18.7 Å². The third kappa shape index (κ3) is 3.15. The highest BCUT2D eigenvalue weighted by Crippen LogP contribution is 2.27. The summed E-state index contributed by atoms with van der Waals surface area (Å²) in [6, 6.07) is 14.9. The molecule has 0 spiro atoms. The fraction of sp³-hybridized carbons (Fsp3) is 0.263. The van der Waals surface area contributed by atoms with Gasteiger partial charge in [-0.2, -0.15) is 0 Å². The molecule has 132 valence electrons. The summed E-state index contributed by atoms with van der Waals surface area (Å²) in [4.78, 5) is 24.1. The second-order valence-electron chi connectivity index (χ2n) is 6.32. The van der Waals surface area contributed by atoms with Gasteiger partial charge in [0.2, 0.25) is 5.91 Å². The molecule has 2 N–H and O–H groups in total. The van der Waals surface area contributed by atoms with E-state index >= 15 is 0 Å². The zero-order chi connectivity index (χ0) is 17.9. The van der Waals surface area contributed by atoms with E-state index in [1.54, 1.807) is 6.07 Å². The molecule has 1 aliphatic rings. The molecule has 0 saturated heterocycles. The maximum Gasteiger partial charge on any atom is 0.252 e. The van der Waals surface area contributed by atoms with Gasteiger partial charge in [0.25, 0.3) is 5.91 Å². The van der Waals surface area contributed by atoms with E-state index in [1.165, 1.54) is 0 Å². The van der Waals surface area contributed by atoms with Crippen molar-refractivity contribution in [1.29, 1.82) is 0 Å². The van der Waals surface area contributed by atoms with Gasteiger partial charge in [-0.25, -0.2) is 4.68 Å². The number of para-hydroxylation sites is 1. The molecular formula is C19H19N5O2. The summed E-state index contributed by atoms with van der Waals surface area (Å²) < 4.78 is 1.84. The lowest BCUT2D eigenvalue weighted by molar-refractivity contribution is -0.121. The van der Waals surface area contributed by atoms with E-state index in [9.17, 15) is 9.59 Å². The molecule has 7 nitrogen and oxygen atoms in total. The number of hydrogen-bond donors (Lipinski definition) is 2. The number of hydrogen-bond acceptors (Lipinski definition) is 4. The van der Waals surface area contributed by atoms with Crippen molar-refractivity contribution < 1.29 is 9.59 Å². The molecule has 0 unspecified atom stereocenters. The van der Waals surface area contributed by atoms with Crippen molar-refractivity contribution in [3.8, 4) is 0 Å². The van der Waals surface area contributed by atoms with E-state index in [2.05, 4.69) is 20.9 Å². The number of fused-ring (bicyclic) bond motifs is 2. The molecule has 0 radical (unpaired) electrons. The maximum atomic E-state index is 12.2. The minimum atomic E-state index is -0.252. The van der Waals surface area contributed by atoms with Gasteiger partial charge in [0.1, 0.15) is 5.52 Å². The van der Waals surface area contributed by atoms with Gasteiger partial charge in [0.15, 0.2) is 0 Å². The van der Waals surface area contributed by atoms with Crippen LogP contribution < -0.4 is 10.6 Å². The van der Waals surface area contributed by atoms with Crippen LogP contribution in [-0.4, -0.2) is 33.4 Å². The molecule has 7 heteroatoms. The van der Waals surface area contributed by atoms with Gasteiger partial charge in [-0.3, -0.25) is 9.59 Å². The first-order chi connectivity index (χ1) is 12.7. The standard InChI is InChI=1S/C19H19N5O2/c25-18(12-16-13-6-1-2-7-14(13)19(26)21-16)20-10-5-11-24-17-9-4-3-8-15(17)22-23-24/h1-4,6-9,16H,5,10-12H2,(H,20,25)(H,21,26)/t16-/m0/s1. The molecule has 2 heterocycles. The van der Waals surface area contributed by atoms with Crippen molar-refractivity contribution in [2.75, 3.05) is 6.54 Å². The fourth-order valence-corrected chi connectivity index (χ4v) is 3.28. The van der Waals surface area contributed by atoms with Crippen LogP contribution in [-0.2, 0) is 11.3 Å². The Hall–Kier alpha value is -3.22. The normalized spacial score (nSPS) is 15.7. The highest BCUT2D eigenvalue weighted by atomic mass is 16.2. The van der Waals surface area contributed by atoms with Crippen LogP contribution in [0.25, 0.3) is 11.0 Å². The van der Waals surface area contributed by atoms with Crippen LogP contribution >= 0.6 is 0 Å². The van der Waals surface area contributed by atoms with Gasteiger partial charge in [0.05, 0.1) is 18.0 Å². The number of rotatable bonds is 6. The van der Waals surface area contributed by atoms with Crippen molar-refractivity contribution in [3.05, 3.63) is 59.7 Å². The molecule has 26 heavy (non-hydrogen) atoms. The lowest BCUT2D eigenvalue weighted by atomic mass is 10.0. The predicted molar refractivity (Wildman–Crippen MR) is 96.4 cm³/mol. The molecule has 1 aromatic heterocycles. The minimum Gasteiger partial charge on any atom is -0.356 e. The SMILES string of the molecule is O=C(C[C@@H]1NC(=O)c2ccccc21)NCCCn1nnc2ccccc21. The van der Waals surface area contributed by atoms with E-state index in [4.69, 9.17) is 0 Å². The Morgan fingerprint density at radius 2 is 1.96 bits per heavy atom. The number of aromatic nitrogens is 3. The first kappa shape index (κ1) is 16.3. The van der Waals surface area contributed by atoms with Crippen LogP contribution in [0.1, 0.15) is 34.8 Å². The summed E-state index contributed by atoms with van der Waals surface area (Å²) in [7, 11) is 0. The first-order valence-corrected chi connectivity index (χ1v) is 8.67. The van der Waals surface area contributed by atoms with Crippen LogP contribution in [0.5, 0.6) is 0 Å². The maximum absolute atomic E-state index is 12.2. The Bertz CT molecular complexity index is 965. The second kappa shape index (κ2) is 6.95. The lowest BCUT2D eigenvalue weighted by Crippen LogP contribution is -2.30. The van der Waals surface area contributed by atoms with Gasteiger partial charge in [-0.1, -0.05) is 35.5 Å². The highest BCUT2D eigenvalue weighted by Gasteiger charge is 2.29. The Kier molecular flexibility index (Phi) is 4.35. The van der Waals surface area contributed by atoms with Gasteiger partial charge in [-0.15, -0.1) is 5.10 Å². The summed E-state index contributed by atoms with van der Waals surface area (Å²) in [5.41, 5.74) is 3.40. The Balaban J connectivity index is 1.27. The third-order valence-corrected chi connectivity index (χ3v) is 4.56. The molecule has 1 atom stereocenters. The van der Waals surface area contributed by atoms with Gasteiger partial charge in [-0.05, 0) is 30.2 Å². The predicted octanol–water partition coefficient (Wildman–Crippen LogP) is 1.81. The number of nitrogens with one attached hydrogen (secondary N) is 2. The molecular weight excluding hydrogens is 330 g/mol. The molecule has 2 aromatic carbocycles. The van der Waals surface area contributed by atoms with Crippen molar-refractivity contribution in [3.63, 3.8) is 0 Å². The molecule has 0 saturated carbocycles. The zero-order valence-electron chi connectivity index (χ0n) is 14.2. The van der Waals surface area contributed by atoms with E-state index in [-0.39, 0.29) is 24.3 Å². The van der Waals surface area contributed by atoms with Crippen molar-refractivity contribution in [2.45, 2.75) is 25.4 Å². The van der Waals surface area contributed by atoms with Crippen molar-refractivity contribution >= 4 is 22.8 Å². The molecule has 0 fully saturated rings. The Morgan fingerprint density at radius 3 is 2.88 bits per heavy atom. The third-order valence-electron chi connectivity index (χ3n) is 4.56. The summed E-state index contributed by atoms with van der Waals surface area (Å²) >= 11 is 0. The number of benzene rings is 2. The zero-order valence-corrected chi connectivity index (χ0v) is 14.2. The van der Waals surface area contributed by atoms with E-state index < -0.39 is 0 Å². The summed E-state index contributed by atoms with van der Waals surface area (Å²) in [6.45, 7) is 1.24. The Morgan fingerprint density at radius 1 is 1.15 bits per heavy atom. The molecule has 4 rings (SSSR count). The van der Waals surface area contributed by atoms with E-state index in [0.717, 1.165) is 23.0 Å². The largest absolute Gasteiger partial charge is 0.356 e. The number of amides is 2. The van der Waals surface area contributed by atoms with Crippen LogP contribution in [0.15, 0.2) is 48.5 Å². The first-order valence-electron chi connectivity index (χ1n) is 8.67. The molecule has 2 amide bonds. The topological polar surface area (TPSA) is 88.9 Å². The van der Waals surface area contributed by atoms with Gasteiger partial charge < -0.3 is 10.6 Å². The number of carbonyl (C=O) groups excluding carboxylic acids is 2. The fourth-order valence-electron chi connectivity index (χ4n) is 3.28. The monoisotopic (exact) mass is 349 g/mol. The van der Waals surface area contributed by atoms with Crippen LogP contribution in [0.3, 0.4) is 0 Å². The van der Waals surface area contributed by atoms with Crippen LogP contribution in [0.4, 0.5) is 0 Å². The summed E-state index contributed by atoms with van der Waals surface area (Å²) in [6.07, 6.45) is 1.00. The molecule has 0 aliphatic carbocycles. The quantitative estimate of drug-likeness (QED) is 0.664. The minimum absolute atomic E-state index is 0.0737. The van der Waals surface area contributed by atoms with E-state index in [1.807, 2.05) is 47.1 Å². The lowest BCUT2D eigenvalue weighted by Gasteiger charge is -2.12. The van der Waals surface area contributed by atoms with E-state index in [0.29, 0.717) is 18.7 Å². The van der Waals surface area contributed by atoms with Crippen LogP contribution in [0, 0.1) is 0 Å². The molecule has 1 aliphatic heterocycles. The van der Waals surface area contributed by atoms with Crippen LogP contribution in [0.2, 0.25) is 0 Å². The molecule has 0 bridgehead atoms. The molecule has 3 aromatic rings. The second-order valence-corrected chi connectivity index (χ2v) is 6.32. The van der Waals surface area contributed by atoms with Gasteiger partial charge >= 0.3 is 0 Å². The smallest absolute Gasteiger partial charge is 0.252 e. The number of carbonyl (C=O) groups is 2. The summed E-state index contributed by atoms with van der Waals surface area (Å²) in [5, 5.41) is 14.0. The number of aryl methyl sites for hydroxylation is 1. The average molecular weight is 349 g/mol. The van der Waals surface area contributed by atoms with Crippen molar-refractivity contribution in [2.24, 2.45) is 0 Å². The summed E-state index contributed by atoms with van der Waals surface area (Å²) in [5.74, 6) is -0.188. The average Bonchev–Trinajstić information content (AvgIpc) is 3.21. The number of nitrogens with zero attached hydrogens (tertiary/aromatic N) is 3. The highest BCUT2D eigenvalue weighted by molar-refractivity contribution is 5.99.